The second kappa shape index (κ2) is 7.31. The molecule has 7 heteroatoms. The summed E-state index contributed by atoms with van der Waals surface area (Å²) >= 11 is 0. The smallest absolute Gasteiger partial charge is 0.270 e. The summed E-state index contributed by atoms with van der Waals surface area (Å²) in [5.41, 5.74) is 5.73. The van der Waals surface area contributed by atoms with Crippen molar-refractivity contribution in [1.29, 1.82) is 0 Å². The highest BCUT2D eigenvalue weighted by Gasteiger charge is 2.29. The molecular weight excluding hydrogens is 322 g/mol. The molecule has 7 nitrogen and oxygen atoms in total. The third-order valence-electron chi connectivity index (χ3n) is 4.28. The molecule has 2 aromatic rings. The number of para-hydroxylation sites is 1. The Labute approximate surface area is 145 Å². The molecule has 2 aromatic carbocycles. The van der Waals surface area contributed by atoms with Crippen molar-refractivity contribution in [2.75, 3.05) is 19.6 Å². The average Bonchev–Trinajstić information content (AvgIpc) is 3.11. The lowest BCUT2D eigenvalue weighted by molar-refractivity contribution is -0.384. The van der Waals surface area contributed by atoms with E-state index in [0.29, 0.717) is 31.1 Å². The molecule has 25 heavy (non-hydrogen) atoms. The molecule has 2 N–H and O–H groups in total. The standard InChI is InChI=1S/C18H19N3O4/c19-11-13-8-9-20(12-13)18(22)16-10-14(21(23)24)6-7-17(16)25-15-4-2-1-3-5-15/h1-7,10,13H,8-9,11-12,19H2. The third-order valence-corrected chi connectivity index (χ3v) is 4.28. The zero-order valence-electron chi connectivity index (χ0n) is 13.6. The Hall–Kier alpha value is -2.93. The second-order valence-corrected chi connectivity index (χ2v) is 5.99. The Morgan fingerprint density at radius 1 is 1.28 bits per heavy atom. The number of nitro groups is 1. The van der Waals surface area contributed by atoms with Gasteiger partial charge in [0.1, 0.15) is 11.5 Å². The van der Waals surface area contributed by atoms with Crippen LogP contribution < -0.4 is 10.5 Å². The van der Waals surface area contributed by atoms with Crippen molar-refractivity contribution in [3.8, 4) is 11.5 Å². The van der Waals surface area contributed by atoms with Crippen LogP contribution in [0.5, 0.6) is 11.5 Å². The zero-order chi connectivity index (χ0) is 17.8. The summed E-state index contributed by atoms with van der Waals surface area (Å²) in [5.74, 6) is 0.858. The maximum atomic E-state index is 12.9. The number of carbonyl (C=O) groups is 1. The minimum atomic E-state index is -0.518. The summed E-state index contributed by atoms with van der Waals surface area (Å²) < 4.78 is 5.78. The van der Waals surface area contributed by atoms with Crippen molar-refractivity contribution < 1.29 is 14.5 Å². The topological polar surface area (TPSA) is 98.7 Å². The molecule has 0 bridgehead atoms. The number of carbonyl (C=O) groups excluding carboxylic acids is 1. The van der Waals surface area contributed by atoms with Crippen LogP contribution in [0, 0.1) is 16.0 Å². The predicted molar refractivity (Wildman–Crippen MR) is 92.7 cm³/mol. The molecule has 0 radical (unpaired) electrons. The van der Waals surface area contributed by atoms with E-state index in [0.717, 1.165) is 6.42 Å². The monoisotopic (exact) mass is 341 g/mol. The van der Waals surface area contributed by atoms with Gasteiger partial charge in [0.25, 0.3) is 11.6 Å². The Morgan fingerprint density at radius 2 is 2.04 bits per heavy atom. The first-order chi connectivity index (χ1) is 12.1. The molecule has 0 saturated carbocycles. The number of nitrogens with zero attached hydrogens (tertiary/aromatic N) is 2. The fourth-order valence-corrected chi connectivity index (χ4v) is 2.88. The summed E-state index contributed by atoms with van der Waals surface area (Å²) in [7, 11) is 0. The quantitative estimate of drug-likeness (QED) is 0.666. The molecule has 1 unspecified atom stereocenters. The van der Waals surface area contributed by atoms with Crippen LogP contribution >= 0.6 is 0 Å². The van der Waals surface area contributed by atoms with Gasteiger partial charge in [-0.05, 0) is 37.1 Å². The minimum absolute atomic E-state index is 0.140. The van der Waals surface area contributed by atoms with Crippen LogP contribution in [0.4, 0.5) is 5.69 Å². The zero-order valence-corrected chi connectivity index (χ0v) is 13.6. The van der Waals surface area contributed by atoms with E-state index < -0.39 is 4.92 Å². The van der Waals surface area contributed by atoms with E-state index >= 15 is 0 Å². The molecule has 130 valence electrons. The molecule has 3 rings (SSSR count). The summed E-state index contributed by atoms with van der Waals surface area (Å²) in [5, 5.41) is 11.1. The van der Waals surface area contributed by atoms with Crippen LogP contribution in [0.25, 0.3) is 0 Å². The summed E-state index contributed by atoms with van der Waals surface area (Å²) in [6.07, 6.45) is 0.839. The summed E-state index contributed by atoms with van der Waals surface area (Å²) in [6.45, 7) is 1.67. The summed E-state index contributed by atoms with van der Waals surface area (Å²) in [4.78, 5) is 25.1. The number of hydrogen-bond acceptors (Lipinski definition) is 5. The van der Waals surface area contributed by atoms with E-state index in [-0.39, 0.29) is 23.1 Å². The number of nitrogens with two attached hydrogens (primary N) is 1. The van der Waals surface area contributed by atoms with Gasteiger partial charge in [0.2, 0.25) is 0 Å². The van der Waals surface area contributed by atoms with Gasteiger partial charge >= 0.3 is 0 Å². The number of likely N-dealkylation sites (tertiary alicyclic amines) is 1. The third kappa shape index (κ3) is 3.77. The lowest BCUT2D eigenvalue weighted by Gasteiger charge is -2.18. The van der Waals surface area contributed by atoms with Crippen LogP contribution in [0.3, 0.4) is 0 Å². The van der Waals surface area contributed by atoms with E-state index in [9.17, 15) is 14.9 Å². The fraction of sp³-hybridized carbons (Fsp3) is 0.278. The van der Waals surface area contributed by atoms with Crippen molar-refractivity contribution in [1.82, 2.24) is 4.90 Å². The van der Waals surface area contributed by atoms with Gasteiger partial charge in [-0.25, -0.2) is 0 Å². The maximum Gasteiger partial charge on any atom is 0.270 e. The Morgan fingerprint density at radius 3 is 2.68 bits per heavy atom. The maximum absolute atomic E-state index is 12.9. The van der Waals surface area contributed by atoms with Gasteiger partial charge in [0, 0.05) is 25.2 Å². The average molecular weight is 341 g/mol. The van der Waals surface area contributed by atoms with Crippen molar-refractivity contribution in [3.63, 3.8) is 0 Å². The number of benzene rings is 2. The van der Waals surface area contributed by atoms with Crippen LogP contribution in [0.15, 0.2) is 48.5 Å². The Balaban J connectivity index is 1.92. The number of non-ortho nitro benzene ring substituents is 1. The lowest BCUT2D eigenvalue weighted by atomic mass is 10.1. The van der Waals surface area contributed by atoms with Gasteiger partial charge in [-0.2, -0.15) is 0 Å². The first kappa shape index (κ1) is 16.9. The highest BCUT2D eigenvalue weighted by molar-refractivity contribution is 5.98. The molecule has 0 aliphatic carbocycles. The molecule has 1 heterocycles. The Bertz CT molecular complexity index is 779. The first-order valence-corrected chi connectivity index (χ1v) is 8.09. The largest absolute Gasteiger partial charge is 0.457 e. The van der Waals surface area contributed by atoms with Crippen molar-refractivity contribution >= 4 is 11.6 Å². The van der Waals surface area contributed by atoms with Crippen molar-refractivity contribution in [3.05, 3.63) is 64.2 Å². The van der Waals surface area contributed by atoms with Gasteiger partial charge in [-0.15, -0.1) is 0 Å². The van der Waals surface area contributed by atoms with Crippen LogP contribution in [-0.4, -0.2) is 35.4 Å². The molecule has 0 spiro atoms. The predicted octanol–water partition coefficient (Wildman–Crippen LogP) is 2.81. The van der Waals surface area contributed by atoms with Gasteiger partial charge in [0.05, 0.1) is 10.5 Å². The SMILES string of the molecule is NCC1CCN(C(=O)c2cc([N+](=O)[O-])ccc2Oc2ccccc2)C1. The molecule has 0 aromatic heterocycles. The first-order valence-electron chi connectivity index (χ1n) is 8.09. The number of rotatable bonds is 5. The molecule has 1 amide bonds. The number of amides is 1. The van der Waals surface area contributed by atoms with E-state index in [1.54, 1.807) is 17.0 Å². The number of nitro benzene ring substituents is 1. The van der Waals surface area contributed by atoms with E-state index in [4.69, 9.17) is 10.5 Å². The molecular formula is C18H19N3O4. The number of hydrogen-bond donors (Lipinski definition) is 1. The lowest BCUT2D eigenvalue weighted by Crippen LogP contribution is -2.30. The molecule has 1 fully saturated rings. The normalized spacial score (nSPS) is 16.7. The molecule has 1 aliphatic heterocycles. The summed E-state index contributed by atoms with van der Waals surface area (Å²) in [6, 6.07) is 13.1. The Kier molecular flexibility index (Phi) is 4.95. The molecule has 1 atom stereocenters. The fourth-order valence-electron chi connectivity index (χ4n) is 2.88. The van der Waals surface area contributed by atoms with Gasteiger partial charge < -0.3 is 15.4 Å². The van der Waals surface area contributed by atoms with Crippen molar-refractivity contribution in [2.45, 2.75) is 6.42 Å². The highest BCUT2D eigenvalue weighted by atomic mass is 16.6. The van der Waals surface area contributed by atoms with E-state index in [2.05, 4.69) is 0 Å². The second-order valence-electron chi connectivity index (χ2n) is 5.99. The van der Waals surface area contributed by atoms with Gasteiger partial charge in [0.15, 0.2) is 0 Å². The van der Waals surface area contributed by atoms with E-state index in [1.807, 2.05) is 18.2 Å². The van der Waals surface area contributed by atoms with Crippen LogP contribution in [0.2, 0.25) is 0 Å². The van der Waals surface area contributed by atoms with Crippen LogP contribution in [-0.2, 0) is 0 Å². The van der Waals surface area contributed by atoms with Gasteiger partial charge in [-0.3, -0.25) is 14.9 Å². The van der Waals surface area contributed by atoms with Gasteiger partial charge in [-0.1, -0.05) is 18.2 Å². The number of ether oxygens (including phenoxy) is 1. The van der Waals surface area contributed by atoms with Crippen LogP contribution in [0.1, 0.15) is 16.8 Å². The van der Waals surface area contributed by atoms with Crippen molar-refractivity contribution in [2.24, 2.45) is 11.7 Å². The molecule has 1 aliphatic rings. The minimum Gasteiger partial charge on any atom is -0.457 e. The molecule has 1 saturated heterocycles. The van der Waals surface area contributed by atoms with E-state index in [1.165, 1.54) is 18.2 Å². The highest BCUT2D eigenvalue weighted by Crippen LogP contribution is 2.31.